The van der Waals surface area contributed by atoms with Crippen molar-refractivity contribution in [2.24, 2.45) is 4.99 Å². The van der Waals surface area contributed by atoms with Crippen LogP contribution in [0.1, 0.15) is 16.3 Å². The zero-order valence-electron chi connectivity index (χ0n) is 15.7. The summed E-state index contributed by atoms with van der Waals surface area (Å²) < 4.78 is 10.7. The molecule has 8 heteroatoms. The highest BCUT2D eigenvalue weighted by molar-refractivity contribution is 14.0. The van der Waals surface area contributed by atoms with Gasteiger partial charge in [0.15, 0.2) is 5.96 Å². The minimum absolute atomic E-state index is 0. The fourth-order valence-electron chi connectivity index (χ4n) is 2.45. The topological polar surface area (TPSA) is 67.8 Å². The maximum absolute atomic E-state index is 5.41. The Kier molecular flexibility index (Phi) is 10.3. The summed E-state index contributed by atoms with van der Waals surface area (Å²) >= 11 is 1.68. The summed E-state index contributed by atoms with van der Waals surface area (Å²) in [6.45, 7) is 3.57. The maximum Gasteiger partial charge on any atom is 0.190 e. The smallest absolute Gasteiger partial charge is 0.190 e. The van der Waals surface area contributed by atoms with Gasteiger partial charge in [0.25, 0.3) is 0 Å². The van der Waals surface area contributed by atoms with Gasteiger partial charge in [-0.15, -0.1) is 35.3 Å². The van der Waals surface area contributed by atoms with Crippen LogP contribution < -0.4 is 20.1 Å². The molecule has 2 rings (SSSR count). The number of aliphatic imine (C=N–C) groups is 1. The third-order valence-electron chi connectivity index (χ3n) is 3.74. The Morgan fingerprint density at radius 1 is 1.15 bits per heavy atom. The molecule has 0 unspecified atom stereocenters. The van der Waals surface area contributed by atoms with Gasteiger partial charge in [0.2, 0.25) is 0 Å². The zero-order chi connectivity index (χ0) is 18.1. The van der Waals surface area contributed by atoms with Crippen molar-refractivity contribution in [3.05, 3.63) is 39.8 Å². The summed E-state index contributed by atoms with van der Waals surface area (Å²) in [6.07, 6.45) is 1.70. The molecule has 0 saturated heterocycles. The Bertz CT molecular complexity index is 706. The van der Waals surface area contributed by atoms with Crippen LogP contribution in [0.2, 0.25) is 0 Å². The number of hydrogen-bond donors (Lipinski definition) is 2. The van der Waals surface area contributed by atoms with Crippen molar-refractivity contribution in [1.82, 2.24) is 15.6 Å². The van der Waals surface area contributed by atoms with Gasteiger partial charge < -0.3 is 20.1 Å². The van der Waals surface area contributed by atoms with E-state index in [2.05, 4.69) is 26.0 Å². The van der Waals surface area contributed by atoms with Crippen molar-refractivity contribution in [3.8, 4) is 11.5 Å². The molecule has 0 fully saturated rings. The molecule has 0 bridgehead atoms. The summed E-state index contributed by atoms with van der Waals surface area (Å²) in [6, 6.07) is 5.83. The molecule has 0 aliphatic carbocycles. The fraction of sp³-hybridized carbons (Fsp3) is 0.444. The molecule has 0 aliphatic heterocycles. The maximum atomic E-state index is 5.41. The van der Waals surface area contributed by atoms with Crippen molar-refractivity contribution in [3.63, 3.8) is 0 Å². The largest absolute Gasteiger partial charge is 0.497 e. The van der Waals surface area contributed by atoms with Crippen LogP contribution in [0.5, 0.6) is 11.5 Å². The first-order valence-corrected chi connectivity index (χ1v) is 9.10. The van der Waals surface area contributed by atoms with Crippen LogP contribution >= 0.6 is 35.3 Å². The number of aryl methyl sites for hydroxylation is 1. The van der Waals surface area contributed by atoms with E-state index in [1.165, 1.54) is 0 Å². The van der Waals surface area contributed by atoms with Crippen LogP contribution in [0.3, 0.4) is 0 Å². The number of guanidine groups is 1. The molecule has 1 heterocycles. The van der Waals surface area contributed by atoms with Crippen LogP contribution in [-0.4, -0.2) is 45.3 Å². The lowest BCUT2D eigenvalue weighted by Gasteiger charge is -2.13. The Hall–Kier alpha value is -1.55. The molecule has 144 valence electrons. The van der Waals surface area contributed by atoms with Crippen molar-refractivity contribution >= 4 is 41.3 Å². The van der Waals surface area contributed by atoms with Crippen LogP contribution in [0, 0.1) is 6.92 Å². The van der Waals surface area contributed by atoms with Crippen molar-refractivity contribution in [1.29, 1.82) is 0 Å². The van der Waals surface area contributed by atoms with Gasteiger partial charge in [-0.2, -0.15) is 0 Å². The number of benzene rings is 1. The van der Waals surface area contributed by atoms with E-state index in [1.807, 2.05) is 25.1 Å². The van der Waals surface area contributed by atoms with E-state index in [0.29, 0.717) is 0 Å². The van der Waals surface area contributed by atoms with Crippen LogP contribution in [0.15, 0.2) is 28.6 Å². The molecule has 0 spiro atoms. The van der Waals surface area contributed by atoms with Crippen molar-refractivity contribution in [2.75, 3.05) is 34.4 Å². The summed E-state index contributed by atoms with van der Waals surface area (Å²) in [4.78, 5) is 8.72. The molecule has 26 heavy (non-hydrogen) atoms. The van der Waals surface area contributed by atoms with Gasteiger partial charge in [0.1, 0.15) is 11.5 Å². The van der Waals surface area contributed by atoms with Crippen molar-refractivity contribution in [2.45, 2.75) is 19.8 Å². The predicted octanol–water partition coefficient (Wildman–Crippen LogP) is 3.04. The van der Waals surface area contributed by atoms with Gasteiger partial charge >= 0.3 is 0 Å². The average Bonchev–Trinajstić information content (AvgIpc) is 3.05. The van der Waals surface area contributed by atoms with E-state index in [9.17, 15) is 0 Å². The number of aromatic nitrogens is 1. The number of thiazole rings is 1. The Balaban J connectivity index is 0.00000338. The SMILES string of the molecule is CN=C(NCCc1csc(C)n1)NCCc1cc(OC)ccc1OC.I. The number of nitrogens with one attached hydrogen (secondary N) is 2. The van der Waals surface area contributed by atoms with Crippen LogP contribution in [0.25, 0.3) is 0 Å². The average molecular weight is 490 g/mol. The lowest BCUT2D eigenvalue weighted by molar-refractivity contribution is 0.398. The van der Waals surface area contributed by atoms with Gasteiger partial charge in [-0.05, 0) is 37.1 Å². The summed E-state index contributed by atoms with van der Waals surface area (Å²) in [5, 5.41) is 9.84. The van der Waals surface area contributed by atoms with Gasteiger partial charge in [0, 0.05) is 31.9 Å². The number of methoxy groups -OCH3 is 2. The van der Waals surface area contributed by atoms with Gasteiger partial charge in [-0.25, -0.2) is 4.98 Å². The number of halogens is 1. The third-order valence-corrected chi connectivity index (χ3v) is 4.56. The van der Waals surface area contributed by atoms with Crippen molar-refractivity contribution < 1.29 is 9.47 Å². The van der Waals surface area contributed by atoms with E-state index in [4.69, 9.17) is 9.47 Å². The summed E-state index contributed by atoms with van der Waals surface area (Å²) in [5.41, 5.74) is 2.22. The van der Waals surface area contributed by atoms with Gasteiger partial charge in [-0.3, -0.25) is 4.99 Å². The van der Waals surface area contributed by atoms with Gasteiger partial charge in [0.05, 0.1) is 24.9 Å². The standard InChI is InChI=1S/C18H26N4O2S.HI/c1-13-22-15(12-25-13)8-10-21-18(19-2)20-9-7-14-11-16(23-3)5-6-17(14)24-4;/h5-6,11-12H,7-10H2,1-4H3,(H2,19,20,21);1H. The molecule has 0 aliphatic rings. The minimum atomic E-state index is 0. The molecule has 1 aromatic heterocycles. The Morgan fingerprint density at radius 2 is 1.88 bits per heavy atom. The lowest BCUT2D eigenvalue weighted by Crippen LogP contribution is -2.39. The molecule has 2 N–H and O–H groups in total. The fourth-order valence-corrected chi connectivity index (χ4v) is 3.09. The molecule has 0 atom stereocenters. The quantitative estimate of drug-likeness (QED) is 0.338. The van der Waals surface area contributed by atoms with Crippen LogP contribution in [-0.2, 0) is 12.8 Å². The number of ether oxygens (including phenoxy) is 2. The molecule has 1 aromatic carbocycles. The van der Waals surface area contributed by atoms with E-state index in [1.54, 1.807) is 32.6 Å². The Labute approximate surface area is 176 Å². The highest BCUT2D eigenvalue weighted by atomic mass is 127. The molecular weight excluding hydrogens is 463 g/mol. The van der Waals surface area contributed by atoms with E-state index >= 15 is 0 Å². The molecule has 2 aromatic rings. The number of rotatable bonds is 8. The van der Waals surface area contributed by atoms with E-state index < -0.39 is 0 Å². The lowest BCUT2D eigenvalue weighted by atomic mass is 10.1. The number of hydrogen-bond acceptors (Lipinski definition) is 5. The predicted molar refractivity (Wildman–Crippen MR) is 119 cm³/mol. The molecule has 6 nitrogen and oxygen atoms in total. The first-order chi connectivity index (χ1) is 12.2. The second-order valence-corrected chi connectivity index (χ2v) is 6.52. The van der Waals surface area contributed by atoms with E-state index in [0.717, 1.165) is 59.7 Å². The normalized spacial score (nSPS) is 10.8. The molecule has 0 radical (unpaired) electrons. The molecule has 0 amide bonds. The first kappa shape index (κ1) is 22.5. The first-order valence-electron chi connectivity index (χ1n) is 8.22. The van der Waals surface area contributed by atoms with Gasteiger partial charge in [-0.1, -0.05) is 0 Å². The second-order valence-electron chi connectivity index (χ2n) is 5.46. The third kappa shape index (κ3) is 6.99. The van der Waals surface area contributed by atoms with Crippen LogP contribution in [0.4, 0.5) is 0 Å². The minimum Gasteiger partial charge on any atom is -0.497 e. The summed E-state index contributed by atoms with van der Waals surface area (Å²) in [5.74, 6) is 2.48. The monoisotopic (exact) mass is 490 g/mol. The highest BCUT2D eigenvalue weighted by Crippen LogP contribution is 2.24. The summed E-state index contributed by atoms with van der Waals surface area (Å²) in [7, 11) is 5.12. The zero-order valence-corrected chi connectivity index (χ0v) is 18.8. The number of nitrogens with zero attached hydrogens (tertiary/aromatic N) is 2. The highest BCUT2D eigenvalue weighted by Gasteiger charge is 2.06. The second kappa shape index (κ2) is 11.9. The molecule has 0 saturated carbocycles. The Morgan fingerprint density at radius 3 is 2.46 bits per heavy atom. The van der Waals surface area contributed by atoms with E-state index in [-0.39, 0.29) is 24.0 Å². The molecular formula is C18H27IN4O2S.